The maximum absolute atomic E-state index is 14.7. The standard InChI is InChI=1S/C26H36BFN4O5/c1-16(2)22(15-33)32(24(34)35-7)31-14-19(28)12-21(31)23-29-13-20(30-23)17-8-10-18(11-9-17)27-36-25(3,4)26(5,6)37-27/h8-11,13,15-16,19,21-22H,12,14H2,1-7H3,(H,29,30)/t19-,21-,22+/m0/s1. The van der Waals surface area contributed by atoms with Crippen LogP contribution in [0.2, 0.25) is 0 Å². The Morgan fingerprint density at radius 2 is 1.86 bits per heavy atom. The molecule has 2 aliphatic rings. The van der Waals surface area contributed by atoms with Crippen LogP contribution in [0.4, 0.5) is 9.18 Å². The molecule has 2 fully saturated rings. The van der Waals surface area contributed by atoms with Crippen LogP contribution in [0, 0.1) is 5.92 Å². The molecule has 0 unspecified atom stereocenters. The van der Waals surface area contributed by atoms with E-state index in [0.29, 0.717) is 12.1 Å². The number of halogens is 1. The Balaban J connectivity index is 1.56. The van der Waals surface area contributed by atoms with Gasteiger partial charge < -0.3 is 23.8 Å². The monoisotopic (exact) mass is 514 g/mol. The molecule has 1 amide bonds. The van der Waals surface area contributed by atoms with Gasteiger partial charge in [-0.15, -0.1) is 0 Å². The van der Waals surface area contributed by atoms with Gasteiger partial charge in [0, 0.05) is 6.42 Å². The first-order chi connectivity index (χ1) is 17.4. The molecule has 2 aromatic rings. The smallest absolute Gasteiger partial charge is 0.452 e. The number of hydrogen-bond donors (Lipinski definition) is 1. The number of carbonyl (C=O) groups is 2. The molecular formula is C26H36BFN4O5. The van der Waals surface area contributed by atoms with E-state index in [1.807, 2.05) is 65.8 Å². The summed E-state index contributed by atoms with van der Waals surface area (Å²) in [4.78, 5) is 32.3. The van der Waals surface area contributed by atoms with Gasteiger partial charge in [-0.2, -0.15) is 0 Å². The fraction of sp³-hybridized carbons (Fsp3) is 0.577. The van der Waals surface area contributed by atoms with Gasteiger partial charge in [-0.1, -0.05) is 38.1 Å². The highest BCUT2D eigenvalue weighted by Crippen LogP contribution is 2.37. The number of benzene rings is 1. The van der Waals surface area contributed by atoms with Crippen molar-refractivity contribution in [1.82, 2.24) is 20.0 Å². The molecule has 0 saturated carbocycles. The lowest BCUT2D eigenvalue weighted by Crippen LogP contribution is -2.54. The number of hydrogen-bond acceptors (Lipinski definition) is 7. The molecule has 1 aromatic carbocycles. The molecule has 0 radical (unpaired) electrons. The van der Waals surface area contributed by atoms with Crippen molar-refractivity contribution in [3.63, 3.8) is 0 Å². The number of methoxy groups -OCH3 is 1. The number of nitrogens with one attached hydrogen (secondary N) is 1. The van der Waals surface area contributed by atoms with Crippen LogP contribution in [-0.2, 0) is 18.8 Å². The van der Waals surface area contributed by atoms with Crippen LogP contribution in [-0.4, -0.2) is 76.6 Å². The molecule has 4 rings (SSSR count). The van der Waals surface area contributed by atoms with E-state index in [9.17, 15) is 14.0 Å². The van der Waals surface area contributed by atoms with Gasteiger partial charge in [0.25, 0.3) is 0 Å². The largest absolute Gasteiger partial charge is 0.494 e. The van der Waals surface area contributed by atoms with E-state index in [4.69, 9.17) is 14.0 Å². The van der Waals surface area contributed by atoms with Crippen LogP contribution >= 0.6 is 0 Å². The van der Waals surface area contributed by atoms with Crippen molar-refractivity contribution >= 4 is 25.0 Å². The number of aromatic nitrogens is 2. The highest BCUT2D eigenvalue weighted by atomic mass is 19.1. The minimum Gasteiger partial charge on any atom is -0.452 e. The number of nitrogens with zero attached hydrogens (tertiary/aromatic N) is 3. The first-order valence-electron chi connectivity index (χ1n) is 12.6. The van der Waals surface area contributed by atoms with Crippen molar-refractivity contribution in [3.8, 4) is 11.3 Å². The Hall–Kier alpha value is -2.76. The predicted octanol–water partition coefficient (Wildman–Crippen LogP) is 3.67. The van der Waals surface area contributed by atoms with E-state index in [1.54, 1.807) is 11.2 Å². The lowest BCUT2D eigenvalue weighted by atomic mass is 9.79. The second-order valence-corrected chi connectivity index (χ2v) is 11.0. The van der Waals surface area contributed by atoms with Crippen molar-refractivity contribution in [2.24, 2.45) is 5.92 Å². The first kappa shape index (κ1) is 27.3. The summed E-state index contributed by atoms with van der Waals surface area (Å²) < 4.78 is 31.9. The lowest BCUT2D eigenvalue weighted by molar-refractivity contribution is -0.124. The van der Waals surface area contributed by atoms with Crippen molar-refractivity contribution in [2.75, 3.05) is 13.7 Å². The van der Waals surface area contributed by atoms with Crippen LogP contribution in [0.15, 0.2) is 30.5 Å². The lowest BCUT2D eigenvalue weighted by Gasteiger charge is -2.38. The second-order valence-electron chi connectivity index (χ2n) is 11.0. The zero-order chi connectivity index (χ0) is 27.1. The van der Waals surface area contributed by atoms with E-state index in [0.717, 1.165) is 16.7 Å². The number of amides is 1. The van der Waals surface area contributed by atoms with Gasteiger partial charge >= 0.3 is 13.2 Å². The molecule has 3 heterocycles. The molecule has 200 valence electrons. The Morgan fingerprint density at radius 3 is 2.41 bits per heavy atom. The van der Waals surface area contributed by atoms with Gasteiger partial charge in [0.2, 0.25) is 0 Å². The average molecular weight is 514 g/mol. The van der Waals surface area contributed by atoms with E-state index in [2.05, 4.69) is 9.97 Å². The fourth-order valence-corrected chi connectivity index (χ4v) is 4.70. The summed E-state index contributed by atoms with van der Waals surface area (Å²) in [7, 11) is 0.786. The van der Waals surface area contributed by atoms with Gasteiger partial charge in [0.05, 0.1) is 42.8 Å². The SMILES string of the molecule is COC(=O)N([C@H](C=O)C(C)C)N1C[C@@H](F)C[C@H]1c1ncc(-c2ccc(B3OC(C)(C)C(C)(C)O3)cc2)[nH]1. The third-order valence-corrected chi connectivity index (χ3v) is 7.63. The van der Waals surface area contributed by atoms with Gasteiger partial charge in [-0.3, -0.25) is 0 Å². The molecule has 2 saturated heterocycles. The van der Waals surface area contributed by atoms with Crippen LogP contribution < -0.4 is 5.46 Å². The fourth-order valence-electron chi connectivity index (χ4n) is 4.70. The second kappa shape index (κ2) is 10.2. The molecule has 9 nitrogen and oxygen atoms in total. The summed E-state index contributed by atoms with van der Waals surface area (Å²) in [6, 6.07) is 6.44. The highest BCUT2D eigenvalue weighted by molar-refractivity contribution is 6.62. The molecule has 0 bridgehead atoms. The minimum absolute atomic E-state index is 0.0460. The third kappa shape index (κ3) is 5.17. The number of imidazole rings is 1. The summed E-state index contributed by atoms with van der Waals surface area (Å²) in [6.07, 6.45) is 0.606. The Kier molecular flexibility index (Phi) is 7.51. The molecule has 0 aliphatic carbocycles. The number of ether oxygens (including phenoxy) is 1. The van der Waals surface area contributed by atoms with Crippen molar-refractivity contribution in [2.45, 2.75) is 77.4 Å². The number of aldehydes is 1. The van der Waals surface area contributed by atoms with Crippen LogP contribution in [0.1, 0.15) is 59.8 Å². The maximum atomic E-state index is 14.7. The number of H-pyrrole nitrogens is 1. The number of rotatable bonds is 7. The maximum Gasteiger partial charge on any atom is 0.494 e. The minimum atomic E-state index is -1.19. The number of aromatic amines is 1. The van der Waals surface area contributed by atoms with Gasteiger partial charge in [0.15, 0.2) is 0 Å². The average Bonchev–Trinajstić information content (AvgIpc) is 3.52. The number of carbonyl (C=O) groups excluding carboxylic acids is 2. The van der Waals surface area contributed by atoms with Gasteiger partial charge in [0.1, 0.15) is 24.3 Å². The van der Waals surface area contributed by atoms with Gasteiger partial charge in [-0.05, 0) is 44.6 Å². The van der Waals surface area contributed by atoms with Crippen molar-refractivity contribution in [1.29, 1.82) is 0 Å². The highest BCUT2D eigenvalue weighted by Gasteiger charge is 2.51. The molecular weight excluding hydrogens is 478 g/mol. The van der Waals surface area contributed by atoms with Crippen LogP contribution in [0.3, 0.4) is 0 Å². The quantitative estimate of drug-likeness (QED) is 0.445. The topological polar surface area (TPSA) is 97.0 Å². The third-order valence-electron chi connectivity index (χ3n) is 7.63. The molecule has 37 heavy (non-hydrogen) atoms. The van der Waals surface area contributed by atoms with Crippen LogP contribution in [0.25, 0.3) is 11.3 Å². The number of alkyl halides is 1. The summed E-state index contributed by atoms with van der Waals surface area (Å²) in [5, 5.41) is 2.78. The molecule has 1 N–H and O–H groups in total. The molecule has 2 aliphatic heterocycles. The Morgan fingerprint density at radius 1 is 1.24 bits per heavy atom. The first-order valence-corrected chi connectivity index (χ1v) is 12.6. The predicted molar refractivity (Wildman–Crippen MR) is 138 cm³/mol. The Labute approximate surface area is 217 Å². The van der Waals surface area contributed by atoms with E-state index < -0.39 is 42.7 Å². The summed E-state index contributed by atoms with van der Waals surface area (Å²) >= 11 is 0. The van der Waals surface area contributed by atoms with E-state index in [1.165, 1.54) is 12.1 Å². The summed E-state index contributed by atoms with van der Waals surface area (Å²) in [5.74, 6) is 0.318. The van der Waals surface area contributed by atoms with Gasteiger partial charge in [-0.25, -0.2) is 24.2 Å². The summed E-state index contributed by atoms with van der Waals surface area (Å²) in [6.45, 7) is 11.7. The number of hydrazine groups is 1. The van der Waals surface area contributed by atoms with E-state index >= 15 is 0 Å². The Bertz CT molecular complexity index is 1110. The normalized spacial score (nSPS) is 23.9. The zero-order valence-corrected chi connectivity index (χ0v) is 22.5. The molecule has 3 atom stereocenters. The van der Waals surface area contributed by atoms with E-state index in [-0.39, 0.29) is 18.9 Å². The molecule has 0 spiro atoms. The summed E-state index contributed by atoms with van der Waals surface area (Å²) in [5.41, 5.74) is 1.70. The van der Waals surface area contributed by atoms with Crippen molar-refractivity contribution in [3.05, 3.63) is 36.3 Å². The zero-order valence-electron chi connectivity index (χ0n) is 22.5. The van der Waals surface area contributed by atoms with Crippen molar-refractivity contribution < 1.29 is 28.0 Å². The molecule has 1 aromatic heterocycles. The molecule has 11 heteroatoms. The van der Waals surface area contributed by atoms with Crippen LogP contribution in [0.5, 0.6) is 0 Å².